The Morgan fingerprint density at radius 2 is 2.43 bits per heavy atom. The first-order valence-corrected chi connectivity index (χ1v) is 4.26. The van der Waals surface area contributed by atoms with Crippen molar-refractivity contribution in [3.63, 3.8) is 0 Å². The number of esters is 1. The van der Waals surface area contributed by atoms with Crippen molar-refractivity contribution in [2.45, 2.75) is 6.92 Å². The van der Waals surface area contributed by atoms with Gasteiger partial charge in [-0.15, -0.1) is 0 Å². The lowest BCUT2D eigenvalue weighted by molar-refractivity contribution is 0.0600. The normalized spacial score (nSPS) is 9.57. The Bertz CT molecular complexity index is 339. The van der Waals surface area contributed by atoms with Gasteiger partial charge in [-0.1, -0.05) is 0 Å². The van der Waals surface area contributed by atoms with E-state index in [1.807, 2.05) is 6.92 Å². The Morgan fingerprint density at radius 3 is 2.93 bits per heavy atom. The number of aromatic nitrogens is 1. The molecule has 0 fully saturated rings. The third-order valence-corrected chi connectivity index (χ3v) is 1.68. The minimum Gasteiger partial charge on any atom is -0.465 e. The third kappa shape index (κ3) is 2.12. The van der Waals surface area contributed by atoms with Crippen LogP contribution in [0, 0.1) is 0 Å². The molecule has 0 unspecified atom stereocenters. The fourth-order valence-corrected chi connectivity index (χ4v) is 1.03. The molecule has 5 heteroatoms. The number of pyridine rings is 1. The molecule has 0 saturated carbocycles. The summed E-state index contributed by atoms with van der Waals surface area (Å²) in [5.74, 6) is 0.146. The predicted octanol–water partition coefficient (Wildman–Crippen LogP) is 0.882. The minimum atomic E-state index is -0.438. The lowest BCUT2D eigenvalue weighted by atomic mass is 10.2. The standard InChI is InChI=1S/C9H13N3O2/c1-3-11-8-7(10)4-6(5-12-8)9(13)14-2/h4-5H,3,10H2,1-2H3,(H,11,12). The average Bonchev–Trinajstić information content (AvgIpc) is 2.20. The summed E-state index contributed by atoms with van der Waals surface area (Å²) in [4.78, 5) is 15.1. The van der Waals surface area contributed by atoms with Gasteiger partial charge in [0.15, 0.2) is 0 Å². The molecule has 0 aromatic carbocycles. The summed E-state index contributed by atoms with van der Waals surface area (Å²) < 4.78 is 4.54. The van der Waals surface area contributed by atoms with Crippen molar-refractivity contribution in [3.05, 3.63) is 17.8 Å². The highest BCUT2D eigenvalue weighted by molar-refractivity contribution is 5.90. The number of nitrogens with zero attached hydrogens (tertiary/aromatic N) is 1. The number of anilines is 2. The Balaban J connectivity index is 2.94. The van der Waals surface area contributed by atoms with Crippen molar-refractivity contribution in [2.75, 3.05) is 24.7 Å². The fourth-order valence-electron chi connectivity index (χ4n) is 1.03. The lowest BCUT2D eigenvalue weighted by Gasteiger charge is -2.06. The van der Waals surface area contributed by atoms with E-state index in [9.17, 15) is 4.79 Å². The van der Waals surface area contributed by atoms with Crippen molar-refractivity contribution >= 4 is 17.5 Å². The van der Waals surface area contributed by atoms with Crippen LogP contribution in [-0.4, -0.2) is 24.6 Å². The van der Waals surface area contributed by atoms with Crippen LogP contribution in [0.4, 0.5) is 11.5 Å². The summed E-state index contributed by atoms with van der Waals surface area (Å²) in [5, 5.41) is 2.97. The quantitative estimate of drug-likeness (QED) is 0.700. The summed E-state index contributed by atoms with van der Waals surface area (Å²) in [6.45, 7) is 2.67. The summed E-state index contributed by atoms with van der Waals surface area (Å²) >= 11 is 0. The number of rotatable bonds is 3. The molecule has 1 heterocycles. The van der Waals surface area contributed by atoms with E-state index in [0.717, 1.165) is 6.54 Å². The molecule has 1 rings (SSSR count). The maximum atomic E-state index is 11.1. The van der Waals surface area contributed by atoms with Crippen molar-refractivity contribution in [1.82, 2.24) is 4.98 Å². The molecule has 0 bridgehead atoms. The van der Waals surface area contributed by atoms with E-state index in [0.29, 0.717) is 17.1 Å². The molecule has 5 nitrogen and oxygen atoms in total. The number of nitrogens with two attached hydrogens (primary N) is 1. The smallest absolute Gasteiger partial charge is 0.339 e. The van der Waals surface area contributed by atoms with E-state index in [1.165, 1.54) is 19.4 Å². The maximum Gasteiger partial charge on any atom is 0.339 e. The number of ether oxygens (including phenoxy) is 1. The zero-order valence-electron chi connectivity index (χ0n) is 8.20. The van der Waals surface area contributed by atoms with Crippen LogP contribution < -0.4 is 11.1 Å². The SMILES string of the molecule is CCNc1ncc(C(=O)OC)cc1N. The number of nitrogens with one attached hydrogen (secondary N) is 1. The highest BCUT2D eigenvalue weighted by Gasteiger charge is 2.08. The van der Waals surface area contributed by atoms with Crippen molar-refractivity contribution in [3.8, 4) is 0 Å². The summed E-state index contributed by atoms with van der Waals surface area (Å²) in [5.41, 5.74) is 6.46. The van der Waals surface area contributed by atoms with E-state index in [1.54, 1.807) is 0 Å². The Hall–Kier alpha value is -1.78. The maximum absolute atomic E-state index is 11.1. The number of carbonyl (C=O) groups excluding carboxylic acids is 1. The van der Waals surface area contributed by atoms with Crippen LogP contribution in [0.25, 0.3) is 0 Å². The molecule has 1 aromatic rings. The third-order valence-electron chi connectivity index (χ3n) is 1.68. The molecule has 14 heavy (non-hydrogen) atoms. The van der Waals surface area contributed by atoms with Gasteiger partial charge in [0.25, 0.3) is 0 Å². The van der Waals surface area contributed by atoms with Gasteiger partial charge in [-0.2, -0.15) is 0 Å². The highest BCUT2D eigenvalue weighted by Crippen LogP contribution is 2.16. The second kappa shape index (κ2) is 4.45. The summed E-state index contributed by atoms with van der Waals surface area (Å²) in [6.07, 6.45) is 1.43. The predicted molar refractivity (Wildman–Crippen MR) is 54.2 cm³/mol. The van der Waals surface area contributed by atoms with E-state index in [-0.39, 0.29) is 0 Å². The van der Waals surface area contributed by atoms with E-state index in [4.69, 9.17) is 5.73 Å². The fraction of sp³-hybridized carbons (Fsp3) is 0.333. The Labute approximate surface area is 82.3 Å². The van der Waals surface area contributed by atoms with Gasteiger partial charge in [-0.05, 0) is 13.0 Å². The van der Waals surface area contributed by atoms with Gasteiger partial charge in [0.05, 0.1) is 18.4 Å². The monoisotopic (exact) mass is 195 g/mol. The van der Waals surface area contributed by atoms with E-state index >= 15 is 0 Å². The summed E-state index contributed by atoms with van der Waals surface area (Å²) in [7, 11) is 1.32. The molecule has 0 aliphatic heterocycles. The Kier molecular flexibility index (Phi) is 3.28. The van der Waals surface area contributed by atoms with Crippen LogP contribution in [0.5, 0.6) is 0 Å². The van der Waals surface area contributed by atoms with Crippen LogP contribution in [-0.2, 0) is 4.74 Å². The van der Waals surface area contributed by atoms with Crippen molar-refractivity contribution in [2.24, 2.45) is 0 Å². The Morgan fingerprint density at radius 1 is 1.71 bits per heavy atom. The second-order valence-electron chi connectivity index (χ2n) is 2.68. The van der Waals surface area contributed by atoms with Crippen LogP contribution in [0.1, 0.15) is 17.3 Å². The van der Waals surface area contributed by atoms with Crippen LogP contribution in [0.2, 0.25) is 0 Å². The van der Waals surface area contributed by atoms with Gasteiger partial charge >= 0.3 is 5.97 Å². The molecule has 0 aliphatic rings. The van der Waals surface area contributed by atoms with Crippen LogP contribution in [0.15, 0.2) is 12.3 Å². The lowest BCUT2D eigenvalue weighted by Crippen LogP contribution is -2.07. The molecule has 0 aliphatic carbocycles. The molecule has 0 spiro atoms. The largest absolute Gasteiger partial charge is 0.465 e. The number of methoxy groups -OCH3 is 1. The van der Waals surface area contributed by atoms with Gasteiger partial charge < -0.3 is 15.8 Å². The first kappa shape index (κ1) is 10.3. The number of hydrogen-bond acceptors (Lipinski definition) is 5. The van der Waals surface area contributed by atoms with Crippen molar-refractivity contribution in [1.29, 1.82) is 0 Å². The molecule has 0 radical (unpaired) electrons. The van der Waals surface area contributed by atoms with E-state index < -0.39 is 5.97 Å². The first-order valence-electron chi connectivity index (χ1n) is 4.26. The molecule has 0 amide bonds. The van der Waals surface area contributed by atoms with Gasteiger partial charge in [-0.3, -0.25) is 0 Å². The molecule has 76 valence electrons. The molecular weight excluding hydrogens is 182 g/mol. The molecule has 1 aromatic heterocycles. The average molecular weight is 195 g/mol. The van der Waals surface area contributed by atoms with E-state index in [2.05, 4.69) is 15.0 Å². The van der Waals surface area contributed by atoms with Gasteiger partial charge in [0, 0.05) is 12.7 Å². The molecule has 3 N–H and O–H groups in total. The number of hydrogen-bond donors (Lipinski definition) is 2. The van der Waals surface area contributed by atoms with Gasteiger partial charge in [-0.25, -0.2) is 9.78 Å². The topological polar surface area (TPSA) is 77.2 Å². The molecule has 0 saturated heterocycles. The second-order valence-corrected chi connectivity index (χ2v) is 2.68. The zero-order chi connectivity index (χ0) is 10.6. The first-order chi connectivity index (χ1) is 6.69. The van der Waals surface area contributed by atoms with Crippen LogP contribution >= 0.6 is 0 Å². The number of carbonyl (C=O) groups is 1. The zero-order valence-corrected chi connectivity index (χ0v) is 8.20. The molecular formula is C9H13N3O2. The van der Waals surface area contributed by atoms with Gasteiger partial charge in [0.1, 0.15) is 5.82 Å². The van der Waals surface area contributed by atoms with Crippen LogP contribution in [0.3, 0.4) is 0 Å². The summed E-state index contributed by atoms with van der Waals surface area (Å²) in [6, 6.07) is 1.54. The van der Waals surface area contributed by atoms with Gasteiger partial charge in [0.2, 0.25) is 0 Å². The molecule has 0 atom stereocenters. The number of nitrogen functional groups attached to an aromatic ring is 1. The van der Waals surface area contributed by atoms with Crippen molar-refractivity contribution < 1.29 is 9.53 Å². The minimum absolute atomic E-state index is 0.353. The highest BCUT2D eigenvalue weighted by atomic mass is 16.5.